The molecule has 0 aliphatic rings. The molecule has 0 unspecified atom stereocenters. The van der Waals surface area contributed by atoms with Crippen LogP contribution < -0.4 is 32.9 Å². The summed E-state index contributed by atoms with van der Waals surface area (Å²) in [6, 6.07) is 51.2. The summed E-state index contributed by atoms with van der Waals surface area (Å²) in [5, 5.41) is 3.96. The van der Waals surface area contributed by atoms with E-state index < -0.39 is 7.26 Å². The molecule has 0 saturated carbocycles. The van der Waals surface area contributed by atoms with Gasteiger partial charge in [-0.2, -0.15) is 0 Å². The van der Waals surface area contributed by atoms with Gasteiger partial charge in [0.05, 0.1) is 12.4 Å². The molecule has 7 rings (SSSR count). The van der Waals surface area contributed by atoms with E-state index in [1.807, 2.05) is 43.5 Å². The number of aromatic nitrogens is 2. The molecule has 238 valence electrons. The lowest BCUT2D eigenvalue weighted by Gasteiger charge is -2.25. The highest BCUT2D eigenvalue weighted by Crippen LogP contribution is 2.53. The molecule has 0 aliphatic carbocycles. The van der Waals surface area contributed by atoms with Crippen molar-refractivity contribution in [2.75, 3.05) is 6.66 Å². The Morgan fingerprint density at radius 3 is 1.46 bits per heavy atom. The zero-order chi connectivity index (χ0) is 32.6. The SMILES string of the molecule is C[P+](c1ccccc1)(c1ccccc1)c1ccccc1-c1cc(-c2ccc(F)cc2)ccn1.Cc1cc(-c2ccc(F)cc2)ccn1.[Br-]. The minimum Gasteiger partial charge on any atom is -1.00 e. The van der Waals surface area contributed by atoms with Crippen molar-refractivity contribution in [3.8, 4) is 33.5 Å². The summed E-state index contributed by atoms with van der Waals surface area (Å²) >= 11 is 0. The lowest BCUT2D eigenvalue weighted by molar-refractivity contribution is -0.0000105. The first-order valence-corrected chi connectivity index (χ1v) is 17.6. The molecule has 2 nitrogen and oxygen atoms in total. The van der Waals surface area contributed by atoms with Gasteiger partial charge in [-0.3, -0.25) is 9.97 Å². The number of aryl methyl sites for hydroxylation is 1. The molecule has 2 heterocycles. The molecule has 7 aromatic rings. The molecular weight excluding hydrogens is 681 g/mol. The lowest BCUT2D eigenvalue weighted by Crippen LogP contribution is -3.00. The molecule has 0 aliphatic heterocycles. The number of pyridine rings is 2. The van der Waals surface area contributed by atoms with E-state index in [4.69, 9.17) is 4.98 Å². The normalized spacial score (nSPS) is 10.8. The van der Waals surface area contributed by atoms with Gasteiger partial charge < -0.3 is 17.0 Å². The molecule has 48 heavy (non-hydrogen) atoms. The van der Waals surface area contributed by atoms with Gasteiger partial charge in [-0.25, -0.2) is 8.78 Å². The first-order chi connectivity index (χ1) is 22.9. The number of benzene rings is 5. The molecule has 0 saturated heterocycles. The van der Waals surface area contributed by atoms with Crippen molar-refractivity contribution in [1.29, 1.82) is 0 Å². The molecule has 0 N–H and O–H groups in total. The average molecular weight is 716 g/mol. The summed E-state index contributed by atoms with van der Waals surface area (Å²) in [6.45, 7) is 4.33. The zero-order valence-electron chi connectivity index (χ0n) is 26.6. The van der Waals surface area contributed by atoms with E-state index in [1.165, 1.54) is 40.2 Å². The van der Waals surface area contributed by atoms with E-state index in [0.717, 1.165) is 39.2 Å². The van der Waals surface area contributed by atoms with Gasteiger partial charge in [0.1, 0.15) is 34.8 Å². The number of halogens is 3. The third-order valence-electron chi connectivity index (χ3n) is 8.22. The van der Waals surface area contributed by atoms with Crippen LogP contribution in [0.5, 0.6) is 0 Å². The van der Waals surface area contributed by atoms with Crippen molar-refractivity contribution in [2.24, 2.45) is 0 Å². The van der Waals surface area contributed by atoms with E-state index in [0.29, 0.717) is 0 Å². The summed E-state index contributed by atoms with van der Waals surface area (Å²) < 4.78 is 26.1. The van der Waals surface area contributed by atoms with Gasteiger partial charge in [-0.15, -0.1) is 0 Å². The number of rotatable bonds is 6. The van der Waals surface area contributed by atoms with Crippen molar-refractivity contribution < 1.29 is 25.8 Å². The van der Waals surface area contributed by atoms with Crippen molar-refractivity contribution in [1.82, 2.24) is 9.97 Å². The lowest BCUT2D eigenvalue weighted by atomic mass is 10.0. The van der Waals surface area contributed by atoms with E-state index in [9.17, 15) is 8.78 Å². The summed E-state index contributed by atoms with van der Waals surface area (Å²) in [6.07, 6.45) is 3.60. The van der Waals surface area contributed by atoms with Gasteiger partial charge in [-0.05, 0) is 114 Å². The maximum Gasteiger partial charge on any atom is 0.123 e. The van der Waals surface area contributed by atoms with Gasteiger partial charge in [-0.1, -0.05) is 72.8 Å². The van der Waals surface area contributed by atoms with Crippen molar-refractivity contribution >= 4 is 23.2 Å². The smallest absolute Gasteiger partial charge is 0.123 e. The second kappa shape index (κ2) is 15.8. The molecule has 0 spiro atoms. The first kappa shape index (κ1) is 34.5. The van der Waals surface area contributed by atoms with Crippen LogP contribution in [-0.2, 0) is 0 Å². The average Bonchev–Trinajstić information content (AvgIpc) is 3.13. The Bertz CT molecular complexity index is 2030. The fourth-order valence-electron chi connectivity index (χ4n) is 5.73. The number of hydrogen-bond donors (Lipinski definition) is 0. The van der Waals surface area contributed by atoms with Crippen LogP contribution in [0.1, 0.15) is 5.69 Å². The fourth-order valence-corrected chi connectivity index (χ4v) is 9.17. The second-order valence-corrected chi connectivity index (χ2v) is 14.9. The molecular formula is C42H34BrF2N2P. The zero-order valence-corrected chi connectivity index (χ0v) is 29.1. The van der Waals surface area contributed by atoms with Gasteiger partial charge in [0, 0.05) is 23.7 Å². The third kappa shape index (κ3) is 7.82. The van der Waals surface area contributed by atoms with E-state index in [1.54, 1.807) is 18.3 Å². The molecule has 6 heteroatoms. The Hall–Kier alpha value is -4.83. The fraction of sp³-hybridized carbons (Fsp3) is 0.0476. The van der Waals surface area contributed by atoms with Crippen molar-refractivity contribution in [2.45, 2.75) is 6.92 Å². The van der Waals surface area contributed by atoms with Gasteiger partial charge in [0.15, 0.2) is 0 Å². The molecule has 2 aromatic heterocycles. The standard InChI is InChI=1S/C30H24FNP.C12H10FN.BrH/c1-33(26-10-4-2-5-11-26,27-12-6-3-7-13-27)30-15-9-8-14-28(30)29-22-24(20-21-32-29)23-16-18-25(31)19-17-23;1-9-8-11(6-7-14-9)10-2-4-12(13)5-3-10;/h2-22H,1H3;2-8H,1H3;1H/q+1;;/p-1. The summed E-state index contributed by atoms with van der Waals surface area (Å²) in [5.74, 6) is -0.441. The maximum atomic E-state index is 13.4. The van der Waals surface area contributed by atoms with E-state index in [2.05, 4.69) is 103 Å². The Labute approximate surface area is 292 Å². The van der Waals surface area contributed by atoms with Crippen LogP contribution in [0.4, 0.5) is 8.78 Å². The van der Waals surface area contributed by atoms with Gasteiger partial charge >= 0.3 is 0 Å². The molecule has 0 fully saturated rings. The van der Waals surface area contributed by atoms with Crippen LogP contribution in [0.2, 0.25) is 0 Å². The molecule has 0 amide bonds. The quantitative estimate of drug-likeness (QED) is 0.180. The molecule has 0 bridgehead atoms. The Balaban J connectivity index is 0.000000252. The predicted octanol–water partition coefficient (Wildman–Crippen LogP) is 6.68. The minimum atomic E-state index is -1.91. The summed E-state index contributed by atoms with van der Waals surface area (Å²) in [7, 11) is -1.91. The molecule has 5 aromatic carbocycles. The highest BCUT2D eigenvalue weighted by Gasteiger charge is 2.42. The van der Waals surface area contributed by atoms with Crippen LogP contribution >= 0.6 is 7.26 Å². The van der Waals surface area contributed by atoms with Gasteiger partial charge in [0.25, 0.3) is 0 Å². The van der Waals surface area contributed by atoms with Crippen molar-refractivity contribution in [3.63, 3.8) is 0 Å². The highest BCUT2D eigenvalue weighted by atomic mass is 79.9. The monoisotopic (exact) mass is 714 g/mol. The summed E-state index contributed by atoms with van der Waals surface area (Å²) in [5.41, 5.74) is 7.09. The van der Waals surface area contributed by atoms with E-state index in [-0.39, 0.29) is 28.6 Å². The largest absolute Gasteiger partial charge is 1.00 e. The van der Waals surface area contributed by atoms with Crippen LogP contribution in [0, 0.1) is 18.6 Å². The first-order valence-electron chi connectivity index (χ1n) is 15.4. The number of nitrogens with zero attached hydrogens (tertiary/aromatic N) is 2. The van der Waals surface area contributed by atoms with Crippen LogP contribution in [-0.4, -0.2) is 16.6 Å². The van der Waals surface area contributed by atoms with Crippen LogP contribution in [0.3, 0.4) is 0 Å². The number of hydrogen-bond acceptors (Lipinski definition) is 2. The van der Waals surface area contributed by atoms with Crippen molar-refractivity contribution in [3.05, 3.63) is 187 Å². The summed E-state index contributed by atoms with van der Waals surface area (Å²) in [4.78, 5) is 8.87. The predicted molar refractivity (Wildman–Crippen MR) is 194 cm³/mol. The second-order valence-electron chi connectivity index (χ2n) is 11.3. The molecule has 0 radical (unpaired) electrons. The van der Waals surface area contributed by atoms with Crippen LogP contribution in [0.25, 0.3) is 33.5 Å². The minimum absolute atomic E-state index is 0. The topological polar surface area (TPSA) is 25.8 Å². The highest BCUT2D eigenvalue weighted by molar-refractivity contribution is 7.95. The molecule has 0 atom stereocenters. The Morgan fingerprint density at radius 1 is 0.479 bits per heavy atom. The van der Waals surface area contributed by atoms with E-state index >= 15 is 0 Å². The Kier molecular flexibility index (Phi) is 11.4. The van der Waals surface area contributed by atoms with Crippen LogP contribution in [0.15, 0.2) is 170 Å². The maximum absolute atomic E-state index is 13.4. The van der Waals surface area contributed by atoms with Gasteiger partial charge in [0.2, 0.25) is 0 Å². The third-order valence-corrected chi connectivity index (χ3v) is 12.2. The Morgan fingerprint density at radius 2 is 0.938 bits per heavy atom.